The number of hydrogen-bond acceptors (Lipinski definition) is 11. The predicted octanol–water partition coefficient (Wildman–Crippen LogP) is 8.66. The number of benzene rings is 4. The number of nitrogens with two attached hydrogens (primary N) is 1. The van der Waals surface area contributed by atoms with Gasteiger partial charge in [0.25, 0.3) is 0 Å². The first-order valence-corrected chi connectivity index (χ1v) is 22.1. The van der Waals surface area contributed by atoms with E-state index in [2.05, 4.69) is 9.97 Å². The highest BCUT2D eigenvalue weighted by atomic mass is 32.2. The van der Waals surface area contributed by atoms with Crippen molar-refractivity contribution in [2.75, 3.05) is 43.1 Å². The average Bonchev–Trinajstić information content (AvgIpc) is 3.61. The molecule has 4 aromatic carbocycles. The fourth-order valence-electron chi connectivity index (χ4n) is 8.18. The van der Waals surface area contributed by atoms with Gasteiger partial charge < -0.3 is 24.8 Å². The molecular weight excluding hydrogens is 824 g/mol. The number of nitrogens with zero attached hydrogens (tertiary/aromatic N) is 4. The first kappa shape index (κ1) is 43.9. The first-order valence-electron chi connectivity index (χ1n) is 20.2. The van der Waals surface area contributed by atoms with Crippen LogP contribution in [0.25, 0.3) is 22.3 Å². The number of piperidine rings is 1. The lowest BCUT2D eigenvalue weighted by atomic mass is 9.76. The van der Waals surface area contributed by atoms with E-state index in [4.69, 9.17) is 19.9 Å². The molecular formula is C46H48F3N5O7S. The first-order chi connectivity index (χ1) is 29.4. The van der Waals surface area contributed by atoms with Crippen LogP contribution in [0, 0.1) is 19.3 Å². The van der Waals surface area contributed by atoms with E-state index in [9.17, 15) is 18.0 Å². The van der Waals surface area contributed by atoms with Crippen LogP contribution < -0.4 is 15.4 Å². The van der Waals surface area contributed by atoms with Crippen molar-refractivity contribution in [3.05, 3.63) is 119 Å². The molecule has 0 aliphatic carbocycles. The third-order valence-corrected chi connectivity index (χ3v) is 12.8. The minimum atomic E-state index is -4.96. The highest BCUT2D eigenvalue weighted by molar-refractivity contribution is 7.90. The Balaban J connectivity index is 1.15. The van der Waals surface area contributed by atoms with Gasteiger partial charge in [0.15, 0.2) is 9.84 Å². The number of aryl methyl sites for hydroxylation is 2. The molecule has 1 spiro atoms. The van der Waals surface area contributed by atoms with Crippen LogP contribution in [0.4, 0.5) is 29.7 Å². The number of carbonyl (C=O) groups excluding carboxylic acids is 2. The van der Waals surface area contributed by atoms with Crippen molar-refractivity contribution >= 4 is 33.7 Å². The summed E-state index contributed by atoms with van der Waals surface area (Å²) < 4.78 is 87.7. The van der Waals surface area contributed by atoms with E-state index >= 15 is 13.2 Å². The number of nitrogen functional groups attached to an aromatic ring is 1. The minimum Gasteiger partial charge on any atom is -0.464 e. The van der Waals surface area contributed by atoms with Crippen LogP contribution in [0.2, 0.25) is 0 Å². The van der Waals surface area contributed by atoms with E-state index in [0.29, 0.717) is 37.9 Å². The van der Waals surface area contributed by atoms with Gasteiger partial charge in [0.1, 0.15) is 18.5 Å². The number of sulfone groups is 1. The Morgan fingerprint density at radius 1 is 0.871 bits per heavy atom. The molecule has 5 aromatic rings. The van der Waals surface area contributed by atoms with Crippen molar-refractivity contribution in [3.63, 3.8) is 0 Å². The van der Waals surface area contributed by atoms with Crippen molar-refractivity contribution in [2.45, 2.75) is 69.9 Å². The summed E-state index contributed by atoms with van der Waals surface area (Å²) in [6.07, 6.45) is -5.72. The summed E-state index contributed by atoms with van der Waals surface area (Å²) in [6, 6.07) is 25.7. The molecule has 0 unspecified atom stereocenters. The van der Waals surface area contributed by atoms with E-state index in [1.54, 1.807) is 25.1 Å². The zero-order valence-corrected chi connectivity index (χ0v) is 35.6. The minimum absolute atomic E-state index is 0.0391. The van der Waals surface area contributed by atoms with Crippen LogP contribution in [0.1, 0.15) is 54.5 Å². The highest BCUT2D eigenvalue weighted by Gasteiger charge is 2.51. The lowest BCUT2D eigenvalue weighted by molar-refractivity contribution is -0.198. The molecule has 1 amide bonds. The Kier molecular flexibility index (Phi) is 12.5. The average molecular weight is 872 g/mol. The Bertz CT molecular complexity index is 2570. The molecule has 0 radical (unpaired) electrons. The van der Waals surface area contributed by atoms with Gasteiger partial charge in [-0.2, -0.15) is 23.1 Å². The monoisotopic (exact) mass is 871 g/mol. The number of esters is 1. The van der Waals surface area contributed by atoms with E-state index in [1.165, 1.54) is 35.2 Å². The number of hydrogen-bond donors (Lipinski definition) is 1. The molecule has 2 aliphatic rings. The van der Waals surface area contributed by atoms with Gasteiger partial charge in [-0.25, -0.2) is 18.0 Å². The SMILES string of the molecule is CCOC(=O)[C@@H]1CC2(CCN(c3cc(O[C@H](c4ccc(-c5ccc(C)c(C)c5)cc4-c4cccc(S(C)(=O)=O)c4)C(F)(F)F)nc(N)n3)CC2)CN1C(=O)OCc1ccccc1. The number of rotatable bonds is 11. The smallest absolute Gasteiger partial charge is 0.429 e. The maximum absolute atomic E-state index is 15.3. The lowest BCUT2D eigenvalue weighted by Gasteiger charge is -2.39. The summed E-state index contributed by atoms with van der Waals surface area (Å²) in [5, 5.41) is 0. The van der Waals surface area contributed by atoms with Crippen molar-refractivity contribution in [2.24, 2.45) is 5.41 Å². The zero-order valence-electron chi connectivity index (χ0n) is 34.8. The third kappa shape index (κ3) is 9.80. The highest BCUT2D eigenvalue weighted by Crippen LogP contribution is 2.46. The lowest BCUT2D eigenvalue weighted by Crippen LogP contribution is -2.43. The molecule has 1 aromatic heterocycles. The third-order valence-electron chi connectivity index (χ3n) is 11.6. The number of aromatic nitrogens is 2. The number of halogens is 3. The number of amides is 1. The fourth-order valence-corrected chi connectivity index (χ4v) is 8.85. The Labute approximate surface area is 358 Å². The molecule has 16 heteroatoms. The molecule has 3 heterocycles. The molecule has 2 N–H and O–H groups in total. The summed E-state index contributed by atoms with van der Waals surface area (Å²) >= 11 is 0. The normalized spacial score (nSPS) is 16.9. The van der Waals surface area contributed by atoms with Gasteiger partial charge >= 0.3 is 18.2 Å². The molecule has 2 aliphatic heterocycles. The second-order valence-electron chi connectivity index (χ2n) is 16.0. The molecule has 0 bridgehead atoms. The van der Waals surface area contributed by atoms with Crippen LogP contribution in [-0.4, -0.2) is 80.1 Å². The summed E-state index contributed by atoms with van der Waals surface area (Å²) in [5.74, 6) is -0.993. The van der Waals surface area contributed by atoms with Crippen molar-refractivity contribution < 1.29 is 45.4 Å². The number of ether oxygens (including phenoxy) is 3. The standard InChI is InChI=1S/C46H48F3N5O7S/c1-5-59-42(55)38-26-45(28-54(38)44(56)60-27-31-10-7-6-8-11-31)18-20-53(21-19-45)39-25-40(52-43(50)51-39)61-41(46(47,48)49)36-17-16-33(32-15-14-29(2)30(3)22-32)24-37(36)34-12-9-13-35(23-34)62(4,57)58/h6-17,22-25,38,41H,5,18-21,26-28H2,1-4H3,(H2,50,51,52)/t38-,41+/m0/s1. The van der Waals surface area contributed by atoms with Crippen LogP contribution in [0.5, 0.6) is 5.88 Å². The van der Waals surface area contributed by atoms with Gasteiger partial charge in [-0.05, 0) is 103 Å². The largest absolute Gasteiger partial charge is 0.464 e. The second kappa shape index (κ2) is 17.7. The molecule has 62 heavy (non-hydrogen) atoms. The Morgan fingerprint density at radius 2 is 1.58 bits per heavy atom. The van der Waals surface area contributed by atoms with Crippen LogP contribution in [0.15, 0.2) is 102 Å². The number of likely N-dealkylation sites (tertiary alicyclic amines) is 1. The predicted molar refractivity (Wildman–Crippen MR) is 228 cm³/mol. The van der Waals surface area contributed by atoms with Crippen LogP contribution >= 0.6 is 0 Å². The van der Waals surface area contributed by atoms with Gasteiger partial charge in [-0.3, -0.25) is 4.90 Å². The number of anilines is 2. The quantitative estimate of drug-likeness (QED) is 0.127. The Morgan fingerprint density at radius 3 is 2.26 bits per heavy atom. The molecule has 12 nitrogen and oxygen atoms in total. The van der Waals surface area contributed by atoms with E-state index in [-0.39, 0.29) is 53.1 Å². The van der Waals surface area contributed by atoms with Gasteiger partial charge in [0.05, 0.1) is 11.5 Å². The van der Waals surface area contributed by atoms with Gasteiger partial charge in [0.2, 0.25) is 17.9 Å². The molecule has 2 atom stereocenters. The van der Waals surface area contributed by atoms with Gasteiger partial charge in [0, 0.05) is 37.5 Å². The Hall–Kier alpha value is -6.16. The maximum Gasteiger partial charge on any atom is 0.429 e. The number of carbonyl (C=O) groups is 2. The van der Waals surface area contributed by atoms with Crippen molar-refractivity contribution in [1.82, 2.24) is 14.9 Å². The van der Waals surface area contributed by atoms with Crippen LogP contribution in [0.3, 0.4) is 0 Å². The summed E-state index contributed by atoms with van der Waals surface area (Å²) in [6.45, 7) is 6.79. The zero-order chi connectivity index (χ0) is 44.4. The van der Waals surface area contributed by atoms with Crippen molar-refractivity contribution in [3.8, 4) is 28.1 Å². The molecule has 7 rings (SSSR count). The van der Waals surface area contributed by atoms with Gasteiger partial charge in [-0.15, -0.1) is 0 Å². The van der Waals surface area contributed by atoms with Gasteiger partial charge in [-0.1, -0.05) is 72.8 Å². The summed E-state index contributed by atoms with van der Waals surface area (Å²) in [4.78, 5) is 38.1. The summed E-state index contributed by atoms with van der Waals surface area (Å²) in [5.41, 5.74) is 9.99. The molecule has 2 fully saturated rings. The van der Waals surface area contributed by atoms with E-state index in [1.807, 2.05) is 67.3 Å². The summed E-state index contributed by atoms with van der Waals surface area (Å²) in [7, 11) is -3.70. The molecule has 326 valence electrons. The van der Waals surface area contributed by atoms with Crippen LogP contribution in [-0.2, 0) is 30.7 Å². The van der Waals surface area contributed by atoms with E-state index in [0.717, 1.165) is 28.5 Å². The fraction of sp³-hybridized carbons (Fsp3) is 0.348. The number of alkyl halides is 3. The maximum atomic E-state index is 15.3. The second-order valence-corrected chi connectivity index (χ2v) is 18.0. The topological polar surface area (TPSA) is 154 Å². The van der Waals surface area contributed by atoms with E-state index < -0.39 is 51.5 Å². The van der Waals surface area contributed by atoms with Crippen molar-refractivity contribution in [1.29, 1.82) is 0 Å². The molecule has 0 saturated carbocycles. The molecule has 2 saturated heterocycles.